The van der Waals surface area contributed by atoms with Gasteiger partial charge in [0.15, 0.2) is 0 Å². The Morgan fingerprint density at radius 3 is 1.03 bits per heavy atom. The molecule has 25 nitrogen and oxygen atoms in total. The first-order valence-electron chi connectivity index (χ1n) is 44.4. The van der Waals surface area contributed by atoms with E-state index in [2.05, 4.69) is 68.6 Å². The van der Waals surface area contributed by atoms with Crippen LogP contribution in [-0.4, -0.2) is 157 Å². The highest BCUT2D eigenvalue weighted by Crippen LogP contribution is 2.68. The van der Waals surface area contributed by atoms with Gasteiger partial charge in [-0.1, -0.05) is 222 Å². The molecule has 6 aromatic rings. The van der Waals surface area contributed by atoms with Gasteiger partial charge in [0, 0.05) is 63.3 Å². The quantitative estimate of drug-likeness (QED) is 0.0182. The molecule has 9 amide bonds. The number of aliphatic hydroxyl groups excluding tert-OH is 1. The molecule has 4 saturated carbocycles. The van der Waals surface area contributed by atoms with E-state index in [1.807, 2.05) is 182 Å². The van der Waals surface area contributed by atoms with Crippen LogP contribution in [0, 0.1) is 46.3 Å². The summed E-state index contributed by atoms with van der Waals surface area (Å²) < 4.78 is 0. The van der Waals surface area contributed by atoms with Gasteiger partial charge in [-0.25, -0.2) is 0 Å². The highest BCUT2D eigenvalue weighted by Gasteiger charge is 2.67. The first-order valence-corrected chi connectivity index (χ1v) is 44.4. The molecule has 4 aliphatic carbocycles. The average molecular weight is 1660 g/mol. The van der Waals surface area contributed by atoms with E-state index >= 15 is 24.0 Å². The van der Waals surface area contributed by atoms with Crippen molar-refractivity contribution in [2.24, 2.45) is 80.7 Å². The first-order chi connectivity index (χ1) is 58.4. The van der Waals surface area contributed by atoms with Crippen molar-refractivity contribution in [3.05, 3.63) is 215 Å². The van der Waals surface area contributed by atoms with Gasteiger partial charge < -0.3 is 87.4 Å². The number of nitrogens with one attached hydrogen (secondary N) is 9. The maximum absolute atomic E-state index is 16.3. The van der Waals surface area contributed by atoms with Crippen molar-refractivity contribution in [1.82, 2.24) is 47.9 Å². The average Bonchev–Trinajstić information content (AvgIpc) is 1.68. The number of amides is 9. The summed E-state index contributed by atoms with van der Waals surface area (Å²) in [5.74, 6) is -5.16. The molecule has 6 aromatic carbocycles. The highest BCUT2D eigenvalue weighted by molar-refractivity contribution is 5.96. The van der Waals surface area contributed by atoms with Gasteiger partial charge in [0.2, 0.25) is 53.2 Å². The smallest absolute Gasteiger partial charge is 0.243 e. The second-order valence-corrected chi connectivity index (χ2v) is 35.2. The van der Waals surface area contributed by atoms with Gasteiger partial charge in [0.05, 0.1) is 18.1 Å². The topological polar surface area (TPSA) is 438 Å². The van der Waals surface area contributed by atoms with E-state index in [0.29, 0.717) is 122 Å². The van der Waals surface area contributed by atoms with Gasteiger partial charge in [-0.3, -0.25) is 43.2 Å². The molecule has 4 fully saturated rings. The summed E-state index contributed by atoms with van der Waals surface area (Å²) in [6.07, 6.45) is 10.9. The van der Waals surface area contributed by atoms with Gasteiger partial charge >= 0.3 is 0 Å². The minimum absolute atomic E-state index is 0.00118. The number of fused-ring (bicyclic) bond motifs is 5. The van der Waals surface area contributed by atoms with Gasteiger partial charge in [-0.15, -0.1) is 0 Å². The van der Waals surface area contributed by atoms with Crippen LogP contribution in [0.15, 0.2) is 182 Å². The summed E-state index contributed by atoms with van der Waals surface area (Å²) in [6, 6.07) is 45.4. The third-order valence-corrected chi connectivity index (χ3v) is 26.8. The Kier molecular flexibility index (Phi) is 35.9. The minimum atomic E-state index is -1.17. The Hall–Kier alpha value is -9.73. The molecular weight excluding hydrogens is 1520 g/mol. The molecule has 25 heteroatoms. The zero-order valence-electron chi connectivity index (χ0n) is 71.1. The maximum Gasteiger partial charge on any atom is 0.243 e. The van der Waals surface area contributed by atoms with Crippen molar-refractivity contribution in [1.29, 1.82) is 0 Å². The molecule has 22 N–H and O–H groups in total. The third kappa shape index (κ3) is 26.2. The minimum Gasteiger partial charge on any atom is -0.396 e. The van der Waals surface area contributed by atoms with Crippen LogP contribution in [0.1, 0.15) is 170 Å². The number of rotatable bonds is 46. The number of hydrogen-bond donors (Lipinski definition) is 16. The summed E-state index contributed by atoms with van der Waals surface area (Å²) in [5.41, 5.74) is 40.4. The number of carbonyl (C=O) groups is 9. The van der Waals surface area contributed by atoms with Crippen LogP contribution in [0.5, 0.6) is 0 Å². The molecule has 654 valence electrons. The van der Waals surface area contributed by atoms with E-state index in [1.165, 1.54) is 0 Å². The van der Waals surface area contributed by atoms with Gasteiger partial charge in [0.1, 0.15) is 36.3 Å². The molecule has 0 radical (unpaired) electrons. The van der Waals surface area contributed by atoms with E-state index in [1.54, 1.807) is 0 Å². The van der Waals surface area contributed by atoms with Crippen LogP contribution in [0.25, 0.3) is 0 Å². The van der Waals surface area contributed by atoms with E-state index in [-0.39, 0.29) is 80.6 Å². The Balaban J connectivity index is 1.02. The largest absolute Gasteiger partial charge is 0.396 e. The lowest BCUT2D eigenvalue weighted by molar-refractivity contribution is -0.155. The molecule has 0 unspecified atom stereocenters. The van der Waals surface area contributed by atoms with E-state index in [4.69, 9.17) is 34.4 Å². The Labute approximate surface area is 715 Å². The second kappa shape index (κ2) is 46.5. The number of nitrogens with two attached hydrogens (primary N) is 6. The fraction of sp³-hybridized carbons (Fsp3) is 0.531. The normalized spacial score (nSPS) is 23.5. The summed E-state index contributed by atoms with van der Waals surface area (Å²) in [6.45, 7) is 8.18. The molecule has 0 heterocycles. The van der Waals surface area contributed by atoms with Crippen molar-refractivity contribution in [2.45, 2.75) is 247 Å². The van der Waals surface area contributed by atoms with Crippen molar-refractivity contribution in [3.63, 3.8) is 0 Å². The summed E-state index contributed by atoms with van der Waals surface area (Å²) in [5, 5.41) is 39.6. The third-order valence-electron chi connectivity index (χ3n) is 26.8. The Morgan fingerprint density at radius 1 is 0.372 bits per heavy atom. The monoisotopic (exact) mass is 1660 g/mol. The van der Waals surface area contributed by atoms with Crippen molar-refractivity contribution < 1.29 is 48.3 Å². The summed E-state index contributed by atoms with van der Waals surface area (Å²) in [4.78, 5) is 136. The van der Waals surface area contributed by atoms with E-state index in [9.17, 15) is 24.3 Å². The molecule has 0 aliphatic heterocycles. The predicted molar refractivity (Wildman–Crippen MR) is 472 cm³/mol. The van der Waals surface area contributed by atoms with Gasteiger partial charge in [-0.05, 0) is 196 Å². The SMILES string of the molecule is C[C@H](CCCO)[C@H]1CC[C@H]2[C@@H]3[C@H](NC(=O)[C@H](Cc4ccccc4)NC(=O)[C@H](Cc4ccccc4)NC(=O)[C@@H](N)CCCCN)C[C@@H]4C[C@H](NC(=O)[C@H](Cc5ccccc5)NC(=O)[C@H](Cc5ccccc5)NC(=O)[C@@H](N)CCCCN)CC[C@]4(C)[C@H]3C[C@H](NC(=O)[C@H](Cc3ccccc3)NC(=O)[C@H](Cc3ccccc3)NC(=O)[C@@H](N)CCCCN)[C@]12C. The molecule has 0 aromatic heterocycles. The standard InChI is InChI=1S/C96H135N15O10/c1-62(29-28-52-112)71-45-46-72-85-73(61-84(96(71,72)3)111-94(121)83(58-68-40-20-9-21-41-68)110-93(120)81(56-66-36-16-7-17-37-66)107-88(115)76(102)44-24-27-51-99)95(2)48-47-70(103-89(116)78(53-63-30-10-4-11-31-63)108-91(118)79(54-64-32-12-5-13-33-64)105-86(113)74(100)42-22-25-49-97)59-69(95)60-77(85)104-90(117)82(57-67-38-18-8-19-39-67)109-92(119)80(55-65-34-14-6-15-35-65)106-87(114)75(101)43-23-26-50-98/h4-21,30-41,62,69-85,112H,22-29,42-61,97-102H2,1-3H3,(H,103,116)(H,104,117)(H,105,113)(H,106,114)(H,107,115)(H,108,118)(H,109,119)(H,110,120)(H,111,121)/t62-,69+,70-,71-,72+,73+,74+,75+,76+,77-,78+,79+,80+,81+,82+,83+,84+,85+,95+,96-/m1/s1. The molecule has 0 spiro atoms. The highest BCUT2D eigenvalue weighted by atomic mass is 16.3. The number of hydrogen-bond acceptors (Lipinski definition) is 16. The molecule has 20 atom stereocenters. The molecule has 4 aliphatic rings. The number of unbranched alkanes of at least 4 members (excludes halogenated alkanes) is 3. The van der Waals surface area contributed by atoms with E-state index < -0.39 is 136 Å². The molecule has 0 saturated heterocycles. The van der Waals surface area contributed by atoms with Crippen LogP contribution in [0.4, 0.5) is 0 Å². The predicted octanol–water partition coefficient (Wildman–Crippen LogP) is 6.46. The van der Waals surface area contributed by atoms with Crippen LogP contribution < -0.4 is 82.3 Å². The Bertz CT molecular complexity index is 4260. The second-order valence-electron chi connectivity index (χ2n) is 35.2. The van der Waals surface area contributed by atoms with Crippen molar-refractivity contribution in [2.75, 3.05) is 26.2 Å². The van der Waals surface area contributed by atoms with Gasteiger partial charge in [-0.2, -0.15) is 0 Å². The van der Waals surface area contributed by atoms with Crippen LogP contribution in [0.3, 0.4) is 0 Å². The Morgan fingerprint density at radius 2 is 0.694 bits per heavy atom. The zero-order chi connectivity index (χ0) is 86.4. The zero-order valence-corrected chi connectivity index (χ0v) is 71.1. The van der Waals surface area contributed by atoms with Gasteiger partial charge in [0.25, 0.3) is 0 Å². The number of carbonyl (C=O) groups excluding carboxylic acids is 9. The summed E-state index contributed by atoms with van der Waals surface area (Å²) >= 11 is 0. The molecule has 10 rings (SSSR count). The van der Waals surface area contributed by atoms with Crippen molar-refractivity contribution >= 4 is 53.2 Å². The van der Waals surface area contributed by atoms with Crippen molar-refractivity contribution in [3.8, 4) is 0 Å². The van der Waals surface area contributed by atoms with Crippen LogP contribution in [0.2, 0.25) is 0 Å². The lowest BCUT2D eigenvalue weighted by atomic mass is 9.42. The number of aliphatic hydroxyl groups is 1. The number of benzene rings is 6. The molecular formula is C96H135N15O10. The maximum atomic E-state index is 16.3. The lowest BCUT2D eigenvalue weighted by Crippen LogP contribution is -2.69. The fourth-order valence-corrected chi connectivity index (χ4v) is 20.1. The summed E-state index contributed by atoms with van der Waals surface area (Å²) in [7, 11) is 0. The van der Waals surface area contributed by atoms with E-state index in [0.717, 1.165) is 46.2 Å². The lowest BCUT2D eigenvalue weighted by Gasteiger charge is -2.65. The molecule has 121 heavy (non-hydrogen) atoms. The first kappa shape index (κ1) is 93.5. The molecule has 0 bridgehead atoms. The van der Waals surface area contributed by atoms with Crippen LogP contribution in [-0.2, 0) is 81.7 Å². The fourth-order valence-electron chi connectivity index (χ4n) is 20.1. The van der Waals surface area contributed by atoms with Crippen LogP contribution >= 0.6 is 0 Å².